The van der Waals surface area contributed by atoms with E-state index >= 15 is 0 Å². The van der Waals surface area contributed by atoms with Crippen molar-refractivity contribution in [1.29, 1.82) is 0 Å². The number of hydrogen-bond donors (Lipinski definition) is 1. The first kappa shape index (κ1) is 18.5. The molecular formula is C22H27N3OS. The minimum absolute atomic E-state index is 0.0755. The molecule has 142 valence electrons. The molecule has 1 amide bonds. The Kier molecular flexibility index (Phi) is 5.53. The van der Waals surface area contributed by atoms with Gasteiger partial charge >= 0.3 is 0 Å². The van der Waals surface area contributed by atoms with Gasteiger partial charge in [0.25, 0.3) is 0 Å². The van der Waals surface area contributed by atoms with E-state index in [1.807, 2.05) is 30.0 Å². The lowest BCUT2D eigenvalue weighted by Crippen LogP contribution is -2.48. The van der Waals surface area contributed by atoms with Crippen LogP contribution in [0.5, 0.6) is 0 Å². The van der Waals surface area contributed by atoms with Crippen LogP contribution < -0.4 is 5.32 Å². The third kappa shape index (κ3) is 4.21. The van der Waals surface area contributed by atoms with Crippen LogP contribution in [0, 0.1) is 12.8 Å². The summed E-state index contributed by atoms with van der Waals surface area (Å²) in [7, 11) is 2.16. The summed E-state index contributed by atoms with van der Waals surface area (Å²) < 4.78 is 0. The molecular weight excluding hydrogens is 354 g/mol. The average molecular weight is 382 g/mol. The van der Waals surface area contributed by atoms with Gasteiger partial charge in [-0.2, -0.15) is 0 Å². The molecule has 1 fully saturated rings. The second-order valence-electron chi connectivity index (χ2n) is 7.64. The molecule has 1 N–H and O–H groups in total. The van der Waals surface area contributed by atoms with Gasteiger partial charge < -0.3 is 10.2 Å². The highest BCUT2D eigenvalue weighted by atomic mass is 32.2. The molecule has 1 saturated heterocycles. The Hall–Kier alpha value is -1.82. The van der Waals surface area contributed by atoms with Gasteiger partial charge in [0.05, 0.1) is 11.6 Å². The molecule has 5 heteroatoms. The molecule has 0 radical (unpaired) electrons. The van der Waals surface area contributed by atoms with Gasteiger partial charge in [0, 0.05) is 42.9 Å². The van der Waals surface area contributed by atoms with E-state index in [4.69, 9.17) is 0 Å². The molecule has 2 aromatic carbocycles. The van der Waals surface area contributed by atoms with Crippen LogP contribution in [0.1, 0.15) is 16.4 Å². The number of likely N-dealkylation sites (N-methyl/N-ethyl adjacent to an activating group) is 1. The number of nitrogens with one attached hydrogen (secondary N) is 1. The van der Waals surface area contributed by atoms with Crippen LogP contribution in [0.15, 0.2) is 53.4 Å². The van der Waals surface area contributed by atoms with E-state index in [9.17, 15) is 4.79 Å². The molecule has 2 atom stereocenters. The van der Waals surface area contributed by atoms with Crippen molar-refractivity contribution < 1.29 is 4.79 Å². The summed E-state index contributed by atoms with van der Waals surface area (Å²) in [6, 6.07) is 16.8. The van der Waals surface area contributed by atoms with Gasteiger partial charge in [-0.05, 0) is 31.7 Å². The summed E-state index contributed by atoms with van der Waals surface area (Å²) in [6.45, 7) is 7.10. The number of carbonyl (C=O) groups is 1. The summed E-state index contributed by atoms with van der Waals surface area (Å²) >= 11 is 1.82. The fourth-order valence-electron chi connectivity index (χ4n) is 3.80. The summed E-state index contributed by atoms with van der Waals surface area (Å²) in [6.07, 6.45) is 0. The maximum atomic E-state index is 13.2. The Morgan fingerprint density at radius 1 is 1.04 bits per heavy atom. The number of aryl methyl sites for hydroxylation is 1. The SMILES string of the molecule is Cc1ccc(C2Sc3ccccc3NC(=O)C2CN2CCN(C)CC2)cc1. The number of benzene rings is 2. The molecule has 4 rings (SSSR count). The second-order valence-corrected chi connectivity index (χ2v) is 8.83. The molecule has 2 unspecified atom stereocenters. The molecule has 4 nitrogen and oxygen atoms in total. The predicted molar refractivity (Wildman–Crippen MR) is 112 cm³/mol. The highest BCUT2D eigenvalue weighted by molar-refractivity contribution is 7.99. The molecule has 27 heavy (non-hydrogen) atoms. The Labute approximate surface area is 165 Å². The number of thioether (sulfide) groups is 1. The molecule has 0 saturated carbocycles. The van der Waals surface area contributed by atoms with Gasteiger partial charge in [0.15, 0.2) is 0 Å². The zero-order chi connectivity index (χ0) is 18.8. The van der Waals surface area contributed by atoms with Crippen LogP contribution in [0.25, 0.3) is 0 Å². The van der Waals surface area contributed by atoms with Crippen molar-refractivity contribution in [3.05, 3.63) is 59.7 Å². The lowest BCUT2D eigenvalue weighted by Gasteiger charge is -2.35. The first-order valence-electron chi connectivity index (χ1n) is 9.64. The van der Waals surface area contributed by atoms with Gasteiger partial charge in [0.1, 0.15) is 0 Å². The van der Waals surface area contributed by atoms with Crippen molar-refractivity contribution in [2.24, 2.45) is 5.92 Å². The molecule has 2 aromatic rings. The van der Waals surface area contributed by atoms with Crippen molar-refractivity contribution in [2.45, 2.75) is 17.1 Å². The standard InChI is InChI=1S/C22H27N3OS/c1-16-7-9-17(10-8-16)21-18(15-25-13-11-24(2)12-14-25)22(26)23-19-5-3-4-6-20(19)27-21/h3-10,18,21H,11-15H2,1-2H3,(H,23,26). The van der Waals surface area contributed by atoms with E-state index in [0.29, 0.717) is 0 Å². The monoisotopic (exact) mass is 381 g/mol. The van der Waals surface area contributed by atoms with Crippen LogP contribution >= 0.6 is 11.8 Å². The normalized spacial score (nSPS) is 24.1. The zero-order valence-electron chi connectivity index (χ0n) is 16.0. The van der Waals surface area contributed by atoms with E-state index < -0.39 is 0 Å². The molecule has 2 heterocycles. The van der Waals surface area contributed by atoms with E-state index in [-0.39, 0.29) is 17.1 Å². The van der Waals surface area contributed by atoms with Crippen molar-refractivity contribution in [2.75, 3.05) is 45.1 Å². The summed E-state index contributed by atoms with van der Waals surface area (Å²) in [4.78, 5) is 19.2. The fourth-order valence-corrected chi connectivity index (χ4v) is 5.14. The van der Waals surface area contributed by atoms with Gasteiger partial charge in [-0.3, -0.25) is 9.69 Å². The number of hydrogen-bond acceptors (Lipinski definition) is 4. The molecule has 0 aliphatic carbocycles. The number of fused-ring (bicyclic) bond motifs is 1. The summed E-state index contributed by atoms with van der Waals surface area (Å²) in [5.74, 6) is 0.0606. The number of amides is 1. The second kappa shape index (κ2) is 8.05. The minimum atomic E-state index is -0.0755. The molecule has 0 aromatic heterocycles. The van der Waals surface area contributed by atoms with Crippen LogP contribution in [0.2, 0.25) is 0 Å². The third-order valence-corrected chi connectivity index (χ3v) is 7.02. The lowest BCUT2D eigenvalue weighted by atomic mass is 9.96. The first-order chi connectivity index (χ1) is 13.1. The molecule has 2 aliphatic rings. The Balaban J connectivity index is 1.65. The molecule has 0 bridgehead atoms. The van der Waals surface area contributed by atoms with Crippen molar-refractivity contribution in [3.8, 4) is 0 Å². The summed E-state index contributed by atoms with van der Waals surface area (Å²) in [5, 5.41) is 3.30. The first-order valence-corrected chi connectivity index (χ1v) is 10.5. The fraction of sp³-hybridized carbons (Fsp3) is 0.409. The van der Waals surface area contributed by atoms with Crippen molar-refractivity contribution >= 4 is 23.4 Å². The van der Waals surface area contributed by atoms with Crippen molar-refractivity contribution in [1.82, 2.24) is 9.80 Å². The number of anilines is 1. The highest BCUT2D eigenvalue weighted by Gasteiger charge is 2.35. The van der Waals surface area contributed by atoms with E-state index in [2.05, 4.69) is 59.4 Å². The van der Waals surface area contributed by atoms with E-state index in [0.717, 1.165) is 43.3 Å². The van der Waals surface area contributed by atoms with Gasteiger partial charge in [-0.25, -0.2) is 0 Å². The number of piperazine rings is 1. The van der Waals surface area contributed by atoms with Gasteiger partial charge in [0.2, 0.25) is 5.91 Å². The van der Waals surface area contributed by atoms with Gasteiger partial charge in [-0.1, -0.05) is 42.0 Å². The minimum Gasteiger partial charge on any atom is -0.325 e. The van der Waals surface area contributed by atoms with E-state index in [1.54, 1.807) is 0 Å². The Morgan fingerprint density at radius 3 is 2.48 bits per heavy atom. The topological polar surface area (TPSA) is 35.6 Å². The Morgan fingerprint density at radius 2 is 1.74 bits per heavy atom. The molecule has 0 spiro atoms. The van der Waals surface area contributed by atoms with Crippen molar-refractivity contribution in [3.63, 3.8) is 0 Å². The number of rotatable bonds is 3. The zero-order valence-corrected chi connectivity index (χ0v) is 16.8. The smallest absolute Gasteiger partial charge is 0.230 e. The number of carbonyl (C=O) groups excluding carboxylic acids is 1. The lowest BCUT2D eigenvalue weighted by molar-refractivity contribution is -0.120. The number of para-hydroxylation sites is 1. The number of nitrogens with zero attached hydrogens (tertiary/aromatic N) is 2. The van der Waals surface area contributed by atoms with Crippen LogP contribution in [-0.4, -0.2) is 55.5 Å². The quantitative estimate of drug-likeness (QED) is 0.880. The maximum absolute atomic E-state index is 13.2. The van der Waals surface area contributed by atoms with Crippen LogP contribution in [-0.2, 0) is 4.79 Å². The highest BCUT2D eigenvalue weighted by Crippen LogP contribution is 2.46. The van der Waals surface area contributed by atoms with Crippen LogP contribution in [0.3, 0.4) is 0 Å². The average Bonchev–Trinajstić information content (AvgIpc) is 2.81. The predicted octanol–water partition coefficient (Wildman–Crippen LogP) is 3.64. The summed E-state index contributed by atoms with van der Waals surface area (Å²) in [5.41, 5.74) is 3.42. The van der Waals surface area contributed by atoms with E-state index in [1.165, 1.54) is 11.1 Å². The van der Waals surface area contributed by atoms with Crippen LogP contribution in [0.4, 0.5) is 5.69 Å². The third-order valence-electron chi connectivity index (χ3n) is 5.56. The largest absolute Gasteiger partial charge is 0.325 e. The Bertz CT molecular complexity index is 799. The van der Waals surface area contributed by atoms with Gasteiger partial charge in [-0.15, -0.1) is 11.8 Å². The molecule has 2 aliphatic heterocycles. The maximum Gasteiger partial charge on any atom is 0.230 e.